The number of carboxylic acids is 1. The highest BCUT2D eigenvalue weighted by molar-refractivity contribution is 9.10. The highest BCUT2D eigenvalue weighted by Crippen LogP contribution is 2.29. The molecule has 4 amide bonds. The number of carbonyl (C=O) groups is 4. The van der Waals surface area contributed by atoms with E-state index in [1.165, 1.54) is 18.2 Å². The van der Waals surface area contributed by atoms with Gasteiger partial charge in [-0.2, -0.15) is 0 Å². The minimum atomic E-state index is -1.02. The molecule has 1 aliphatic rings. The molecular formula is C27H21BrN2O6. The first-order valence-corrected chi connectivity index (χ1v) is 11.7. The number of aryl methyl sites for hydroxylation is 2. The second-order valence-corrected chi connectivity index (χ2v) is 9.14. The normalized spacial score (nSPS) is 14.7. The standard InChI is InChI=1S/C27H21BrN2O6/c1-15-8-16(2)10-20(9-15)30-25(32)21(24(31)29-27(30)35)12-17-6-7-23(22(28)13-17)36-14-18-4-3-5-19(11-18)26(33)34/h3-13H,14H2,1-2H3,(H,33,34)(H,29,31,35)/b21-12+. The van der Waals surface area contributed by atoms with Crippen molar-refractivity contribution in [3.63, 3.8) is 0 Å². The zero-order valence-electron chi connectivity index (χ0n) is 19.4. The van der Waals surface area contributed by atoms with Crippen LogP contribution in [-0.2, 0) is 16.2 Å². The first-order chi connectivity index (χ1) is 17.1. The highest BCUT2D eigenvalue weighted by atomic mass is 79.9. The summed E-state index contributed by atoms with van der Waals surface area (Å²) in [5, 5.41) is 11.4. The van der Waals surface area contributed by atoms with E-state index in [4.69, 9.17) is 9.84 Å². The summed E-state index contributed by atoms with van der Waals surface area (Å²) >= 11 is 3.43. The van der Waals surface area contributed by atoms with Crippen molar-refractivity contribution in [2.75, 3.05) is 4.90 Å². The number of ether oxygens (including phenoxy) is 1. The van der Waals surface area contributed by atoms with Gasteiger partial charge in [0.15, 0.2) is 0 Å². The van der Waals surface area contributed by atoms with Gasteiger partial charge >= 0.3 is 12.0 Å². The van der Waals surface area contributed by atoms with Crippen molar-refractivity contribution in [2.24, 2.45) is 0 Å². The fraction of sp³-hybridized carbons (Fsp3) is 0.111. The Kier molecular flexibility index (Phi) is 7.03. The van der Waals surface area contributed by atoms with Crippen LogP contribution in [0.2, 0.25) is 0 Å². The first-order valence-electron chi connectivity index (χ1n) is 10.9. The molecule has 0 saturated carbocycles. The summed E-state index contributed by atoms with van der Waals surface area (Å²) in [6.07, 6.45) is 1.41. The van der Waals surface area contributed by atoms with Gasteiger partial charge in [-0.15, -0.1) is 0 Å². The molecule has 0 spiro atoms. The molecule has 182 valence electrons. The van der Waals surface area contributed by atoms with Crippen molar-refractivity contribution in [1.82, 2.24) is 5.32 Å². The zero-order chi connectivity index (χ0) is 26.0. The topological polar surface area (TPSA) is 113 Å². The molecular weight excluding hydrogens is 528 g/mol. The van der Waals surface area contributed by atoms with Gasteiger partial charge in [0.25, 0.3) is 11.8 Å². The molecule has 0 aliphatic carbocycles. The van der Waals surface area contributed by atoms with Crippen LogP contribution in [0.1, 0.15) is 32.6 Å². The summed E-state index contributed by atoms with van der Waals surface area (Å²) < 4.78 is 6.36. The molecule has 3 aromatic carbocycles. The number of hydrogen-bond acceptors (Lipinski definition) is 5. The Morgan fingerprint density at radius 3 is 2.42 bits per heavy atom. The highest BCUT2D eigenvalue weighted by Gasteiger charge is 2.37. The average Bonchev–Trinajstić information content (AvgIpc) is 2.80. The van der Waals surface area contributed by atoms with Crippen LogP contribution in [0.15, 0.2) is 70.7 Å². The lowest BCUT2D eigenvalue weighted by Crippen LogP contribution is -2.54. The fourth-order valence-electron chi connectivity index (χ4n) is 3.82. The van der Waals surface area contributed by atoms with E-state index in [0.717, 1.165) is 16.0 Å². The number of barbiturate groups is 1. The lowest BCUT2D eigenvalue weighted by molar-refractivity contribution is -0.122. The molecule has 9 heteroatoms. The van der Waals surface area contributed by atoms with E-state index >= 15 is 0 Å². The third-order valence-corrected chi connectivity index (χ3v) is 6.02. The quantitative estimate of drug-likeness (QED) is 0.330. The van der Waals surface area contributed by atoms with E-state index < -0.39 is 23.8 Å². The maximum atomic E-state index is 13.2. The summed E-state index contributed by atoms with van der Waals surface area (Å²) in [5.74, 6) is -2.03. The molecule has 0 atom stereocenters. The van der Waals surface area contributed by atoms with E-state index in [-0.39, 0.29) is 17.7 Å². The summed E-state index contributed by atoms with van der Waals surface area (Å²) in [5.41, 5.74) is 3.35. The van der Waals surface area contributed by atoms with Crippen molar-refractivity contribution in [1.29, 1.82) is 0 Å². The Labute approximate surface area is 215 Å². The molecule has 3 aromatic rings. The van der Waals surface area contributed by atoms with Crippen molar-refractivity contribution in [3.05, 3.63) is 98.5 Å². The molecule has 1 heterocycles. The lowest BCUT2D eigenvalue weighted by atomic mass is 10.1. The van der Waals surface area contributed by atoms with Gasteiger partial charge < -0.3 is 9.84 Å². The Hall–Kier alpha value is -4.24. The minimum absolute atomic E-state index is 0.147. The summed E-state index contributed by atoms with van der Waals surface area (Å²) in [6, 6.07) is 16.0. The number of benzene rings is 3. The molecule has 8 nitrogen and oxygen atoms in total. The van der Waals surface area contributed by atoms with Gasteiger partial charge in [0.2, 0.25) is 0 Å². The second-order valence-electron chi connectivity index (χ2n) is 8.29. The molecule has 0 aromatic heterocycles. The van der Waals surface area contributed by atoms with Crippen LogP contribution in [0.25, 0.3) is 6.08 Å². The number of urea groups is 1. The average molecular weight is 549 g/mol. The molecule has 0 bridgehead atoms. The van der Waals surface area contributed by atoms with Crippen molar-refractivity contribution < 1.29 is 29.0 Å². The fourth-order valence-corrected chi connectivity index (χ4v) is 4.33. The van der Waals surface area contributed by atoms with Crippen molar-refractivity contribution >= 4 is 51.5 Å². The Balaban J connectivity index is 1.56. The van der Waals surface area contributed by atoms with Crippen LogP contribution < -0.4 is 15.0 Å². The van der Waals surface area contributed by atoms with Gasteiger partial charge in [-0.1, -0.05) is 24.3 Å². The van der Waals surface area contributed by atoms with Gasteiger partial charge in [0, 0.05) is 0 Å². The molecule has 2 N–H and O–H groups in total. The first kappa shape index (κ1) is 24.9. The van der Waals surface area contributed by atoms with Crippen molar-refractivity contribution in [2.45, 2.75) is 20.5 Å². The van der Waals surface area contributed by atoms with Gasteiger partial charge in [-0.05, 0) is 94.5 Å². The maximum Gasteiger partial charge on any atom is 0.335 e. The summed E-state index contributed by atoms with van der Waals surface area (Å²) in [6.45, 7) is 3.86. The molecule has 36 heavy (non-hydrogen) atoms. The third-order valence-electron chi connectivity index (χ3n) is 5.40. The van der Waals surface area contributed by atoms with E-state index in [1.54, 1.807) is 42.5 Å². The Morgan fingerprint density at radius 1 is 1.03 bits per heavy atom. The van der Waals surface area contributed by atoms with Crippen LogP contribution in [0, 0.1) is 13.8 Å². The number of imide groups is 2. The lowest BCUT2D eigenvalue weighted by Gasteiger charge is -2.27. The van der Waals surface area contributed by atoms with Crippen LogP contribution in [0.4, 0.5) is 10.5 Å². The Morgan fingerprint density at radius 2 is 1.75 bits per heavy atom. The largest absolute Gasteiger partial charge is 0.488 e. The van der Waals surface area contributed by atoms with Gasteiger partial charge in [-0.25, -0.2) is 14.5 Å². The predicted molar refractivity (Wildman–Crippen MR) is 137 cm³/mol. The third kappa shape index (κ3) is 5.36. The number of rotatable bonds is 6. The molecule has 1 aliphatic heterocycles. The Bertz CT molecular complexity index is 1430. The number of nitrogens with zero attached hydrogens (tertiary/aromatic N) is 1. The van der Waals surface area contributed by atoms with E-state index in [9.17, 15) is 19.2 Å². The second kappa shape index (κ2) is 10.2. The molecule has 0 radical (unpaired) electrons. The number of carboxylic acid groups (broad SMARTS) is 1. The van der Waals surface area contributed by atoms with Crippen molar-refractivity contribution in [3.8, 4) is 5.75 Å². The number of anilines is 1. The molecule has 1 saturated heterocycles. The van der Waals surface area contributed by atoms with Crippen LogP contribution >= 0.6 is 15.9 Å². The number of hydrogen-bond donors (Lipinski definition) is 2. The minimum Gasteiger partial charge on any atom is -0.488 e. The van der Waals surface area contributed by atoms with Gasteiger partial charge in [-0.3, -0.25) is 14.9 Å². The maximum absolute atomic E-state index is 13.2. The number of amides is 4. The predicted octanol–water partition coefficient (Wildman–Crippen LogP) is 5.01. The summed E-state index contributed by atoms with van der Waals surface area (Å²) in [4.78, 5) is 50.2. The molecule has 0 unspecified atom stereocenters. The van der Waals surface area contributed by atoms with E-state index in [2.05, 4.69) is 21.2 Å². The molecule has 4 rings (SSSR count). The molecule has 1 fully saturated rings. The summed E-state index contributed by atoms with van der Waals surface area (Å²) in [7, 11) is 0. The van der Waals surface area contributed by atoms with Crippen LogP contribution in [-0.4, -0.2) is 28.9 Å². The zero-order valence-corrected chi connectivity index (χ0v) is 21.0. The monoisotopic (exact) mass is 548 g/mol. The van der Waals surface area contributed by atoms with Gasteiger partial charge in [0.05, 0.1) is 15.7 Å². The number of nitrogens with one attached hydrogen (secondary N) is 1. The number of carbonyl (C=O) groups excluding carboxylic acids is 3. The van der Waals surface area contributed by atoms with E-state index in [1.807, 2.05) is 19.9 Å². The number of aromatic carboxylic acids is 1. The van der Waals surface area contributed by atoms with E-state index in [0.29, 0.717) is 27.0 Å². The van der Waals surface area contributed by atoms with Crippen LogP contribution in [0.3, 0.4) is 0 Å². The number of halogens is 1. The smallest absolute Gasteiger partial charge is 0.335 e. The van der Waals surface area contributed by atoms with Crippen LogP contribution in [0.5, 0.6) is 5.75 Å². The van der Waals surface area contributed by atoms with Gasteiger partial charge in [0.1, 0.15) is 17.9 Å². The SMILES string of the molecule is Cc1cc(C)cc(N2C(=O)NC(=O)/C(=C\c3ccc(OCc4cccc(C(=O)O)c4)c(Br)c3)C2=O)c1.